The van der Waals surface area contributed by atoms with E-state index in [9.17, 15) is 9.59 Å². The third kappa shape index (κ3) is 5.14. The number of ether oxygens (including phenoxy) is 2. The molecule has 39 heavy (non-hydrogen) atoms. The number of nitrogen functional groups attached to an aromatic ring is 1. The van der Waals surface area contributed by atoms with Crippen molar-refractivity contribution in [3.8, 4) is 17.2 Å². The lowest BCUT2D eigenvalue weighted by Crippen LogP contribution is -2.53. The lowest BCUT2D eigenvalue weighted by Gasteiger charge is -2.38. The zero-order valence-electron chi connectivity index (χ0n) is 21.7. The van der Waals surface area contributed by atoms with E-state index in [0.717, 1.165) is 15.8 Å². The van der Waals surface area contributed by atoms with Crippen LogP contribution in [0.1, 0.15) is 33.2 Å². The van der Waals surface area contributed by atoms with Gasteiger partial charge in [-0.05, 0) is 63.6 Å². The molecule has 5 rings (SSSR count). The van der Waals surface area contributed by atoms with Gasteiger partial charge < -0.3 is 20.1 Å². The molecule has 10 nitrogen and oxygen atoms in total. The van der Waals surface area contributed by atoms with E-state index >= 15 is 8.78 Å². The van der Waals surface area contributed by atoms with E-state index in [1.54, 1.807) is 57.2 Å². The van der Waals surface area contributed by atoms with Crippen LogP contribution in [0.25, 0.3) is 16.9 Å². The fourth-order valence-electron chi connectivity index (χ4n) is 4.60. The Balaban J connectivity index is 1.51. The van der Waals surface area contributed by atoms with Crippen LogP contribution in [0.5, 0.6) is 11.5 Å². The third-order valence-corrected chi connectivity index (χ3v) is 6.28. The summed E-state index contributed by atoms with van der Waals surface area (Å²) in [6.07, 6.45) is 0.0987. The quantitative estimate of drug-likeness (QED) is 0.398. The Morgan fingerprint density at radius 1 is 1.05 bits per heavy atom. The molecule has 12 heteroatoms. The number of piperidine rings is 1. The molecule has 0 bridgehead atoms. The summed E-state index contributed by atoms with van der Waals surface area (Å²) in [7, 11) is 0. The van der Waals surface area contributed by atoms with Crippen LogP contribution < -0.4 is 16.2 Å². The topological polar surface area (TPSA) is 118 Å². The van der Waals surface area contributed by atoms with Crippen LogP contribution in [-0.2, 0) is 4.74 Å². The van der Waals surface area contributed by atoms with Crippen molar-refractivity contribution in [3.05, 3.63) is 71.4 Å². The summed E-state index contributed by atoms with van der Waals surface area (Å²) >= 11 is 0. The van der Waals surface area contributed by atoms with Gasteiger partial charge in [0.1, 0.15) is 35.0 Å². The molecule has 1 saturated heterocycles. The lowest BCUT2D eigenvalue weighted by atomic mass is 10.0. The SMILES string of the molecule is CC(C)(C)OC(=O)N1CC[C@@H](n2c(=O)n(-c3ccc(Oc4ccccc4)cc3)c3c(N)ncnc32)C(F)(F)C1. The van der Waals surface area contributed by atoms with Gasteiger partial charge in [0.15, 0.2) is 11.5 Å². The maximum Gasteiger partial charge on any atom is 0.410 e. The number of alkyl halides is 2. The molecule has 4 aromatic rings. The normalized spacial score (nSPS) is 17.3. The average molecular weight is 539 g/mol. The number of para-hydroxylation sites is 1. The van der Waals surface area contributed by atoms with E-state index in [-0.39, 0.29) is 29.9 Å². The number of carbonyl (C=O) groups excluding carboxylic acids is 1. The summed E-state index contributed by atoms with van der Waals surface area (Å²) in [6.45, 7) is 4.05. The monoisotopic (exact) mass is 538 g/mol. The molecule has 2 aromatic heterocycles. The number of nitrogens with zero attached hydrogens (tertiary/aromatic N) is 5. The van der Waals surface area contributed by atoms with Crippen molar-refractivity contribution in [2.24, 2.45) is 0 Å². The number of halogens is 2. The lowest BCUT2D eigenvalue weighted by molar-refractivity contribution is -0.103. The molecular formula is C27H28F2N6O4. The summed E-state index contributed by atoms with van der Waals surface area (Å²) in [6, 6.07) is 14.2. The second-order valence-corrected chi connectivity index (χ2v) is 10.3. The van der Waals surface area contributed by atoms with E-state index in [1.165, 1.54) is 4.57 Å². The Labute approximate surface area is 222 Å². The summed E-state index contributed by atoms with van der Waals surface area (Å²) in [5.74, 6) is -2.33. The summed E-state index contributed by atoms with van der Waals surface area (Å²) in [4.78, 5) is 35.3. The van der Waals surface area contributed by atoms with Gasteiger partial charge >= 0.3 is 11.8 Å². The van der Waals surface area contributed by atoms with Crippen LogP contribution in [0.2, 0.25) is 0 Å². The maximum absolute atomic E-state index is 15.6. The van der Waals surface area contributed by atoms with Gasteiger partial charge in [-0.2, -0.15) is 0 Å². The molecule has 3 heterocycles. The van der Waals surface area contributed by atoms with Gasteiger partial charge in [0.25, 0.3) is 5.92 Å². The summed E-state index contributed by atoms with van der Waals surface area (Å²) in [5.41, 5.74) is 5.01. The molecular weight excluding hydrogens is 510 g/mol. The molecule has 1 amide bonds. The number of aromatic nitrogens is 4. The smallest absolute Gasteiger partial charge is 0.410 e. The van der Waals surface area contributed by atoms with Crippen LogP contribution in [-0.4, -0.2) is 54.7 Å². The summed E-state index contributed by atoms with van der Waals surface area (Å²) in [5, 5.41) is 0. The second kappa shape index (κ2) is 9.68. The van der Waals surface area contributed by atoms with Crippen molar-refractivity contribution in [3.63, 3.8) is 0 Å². The molecule has 0 saturated carbocycles. The van der Waals surface area contributed by atoms with E-state index < -0.39 is 35.9 Å². The van der Waals surface area contributed by atoms with E-state index in [4.69, 9.17) is 15.2 Å². The number of nitrogens with two attached hydrogens (primary N) is 1. The van der Waals surface area contributed by atoms with Crippen LogP contribution in [0.15, 0.2) is 65.7 Å². The standard InChI is InChI=1S/C27H28F2N6O4/c1-26(2,3)39-25(37)33-14-13-20(27(28,29)15-33)35-23-21(22(30)31-16-32-23)34(24(35)36)17-9-11-19(12-10-17)38-18-7-5-4-6-8-18/h4-12,16,20H,13-15H2,1-3H3,(H2,30,31,32)/t20-/m1/s1. The predicted octanol–water partition coefficient (Wildman–Crippen LogP) is 4.77. The molecule has 0 unspecified atom stereocenters. The molecule has 1 fully saturated rings. The number of hydrogen-bond acceptors (Lipinski definition) is 7. The van der Waals surface area contributed by atoms with Gasteiger partial charge in [-0.3, -0.25) is 9.13 Å². The third-order valence-electron chi connectivity index (χ3n) is 6.28. The van der Waals surface area contributed by atoms with E-state index in [2.05, 4.69) is 9.97 Å². The highest BCUT2D eigenvalue weighted by atomic mass is 19.3. The molecule has 1 aliphatic heterocycles. The van der Waals surface area contributed by atoms with Crippen LogP contribution in [0, 0.1) is 0 Å². The molecule has 1 aliphatic rings. The summed E-state index contributed by atoms with van der Waals surface area (Å²) < 4.78 is 44.4. The minimum atomic E-state index is -3.45. The number of likely N-dealkylation sites (tertiary alicyclic amines) is 1. The largest absolute Gasteiger partial charge is 0.457 e. The Kier molecular flexibility index (Phi) is 6.49. The average Bonchev–Trinajstić information content (AvgIpc) is 3.16. The van der Waals surface area contributed by atoms with Gasteiger partial charge in [0, 0.05) is 6.54 Å². The fraction of sp³-hybridized carbons (Fsp3) is 0.333. The number of rotatable bonds is 4. The van der Waals surface area contributed by atoms with E-state index in [0.29, 0.717) is 17.2 Å². The molecule has 2 aromatic carbocycles. The van der Waals surface area contributed by atoms with Crippen molar-refractivity contribution >= 4 is 23.1 Å². The predicted molar refractivity (Wildman–Crippen MR) is 140 cm³/mol. The van der Waals surface area contributed by atoms with E-state index in [1.807, 2.05) is 18.2 Å². The Bertz CT molecular complexity index is 1560. The number of anilines is 1. The molecule has 0 spiro atoms. The van der Waals surface area contributed by atoms with Crippen molar-refractivity contribution in [1.29, 1.82) is 0 Å². The molecule has 1 atom stereocenters. The van der Waals surface area contributed by atoms with Gasteiger partial charge in [0.2, 0.25) is 0 Å². The second-order valence-electron chi connectivity index (χ2n) is 10.3. The van der Waals surface area contributed by atoms with Crippen LogP contribution >= 0.6 is 0 Å². The Morgan fingerprint density at radius 3 is 2.36 bits per heavy atom. The van der Waals surface area contributed by atoms with Gasteiger partial charge in [-0.15, -0.1) is 0 Å². The number of carbonyl (C=O) groups is 1. The maximum atomic E-state index is 15.6. The minimum absolute atomic E-state index is 0.0208. The van der Waals surface area contributed by atoms with Gasteiger partial charge in [0.05, 0.1) is 12.2 Å². The molecule has 0 radical (unpaired) electrons. The highest BCUT2D eigenvalue weighted by molar-refractivity contribution is 5.84. The first kappa shape index (κ1) is 26.1. The van der Waals surface area contributed by atoms with Crippen molar-refractivity contribution in [2.75, 3.05) is 18.8 Å². The Morgan fingerprint density at radius 2 is 1.72 bits per heavy atom. The first-order valence-corrected chi connectivity index (χ1v) is 12.4. The number of hydrogen-bond donors (Lipinski definition) is 1. The Hall–Kier alpha value is -4.48. The van der Waals surface area contributed by atoms with Crippen LogP contribution in [0.3, 0.4) is 0 Å². The highest BCUT2D eigenvalue weighted by Gasteiger charge is 2.49. The van der Waals surface area contributed by atoms with Crippen molar-refractivity contribution in [2.45, 2.75) is 44.8 Å². The number of benzene rings is 2. The molecule has 0 aliphatic carbocycles. The number of imidazole rings is 1. The van der Waals surface area contributed by atoms with Gasteiger partial charge in [-0.25, -0.2) is 28.3 Å². The highest BCUT2D eigenvalue weighted by Crippen LogP contribution is 2.38. The van der Waals surface area contributed by atoms with Crippen LogP contribution in [0.4, 0.5) is 19.4 Å². The molecule has 2 N–H and O–H groups in total. The molecule has 204 valence electrons. The zero-order chi connectivity index (χ0) is 27.9. The minimum Gasteiger partial charge on any atom is -0.457 e. The first-order chi connectivity index (χ1) is 18.4. The van der Waals surface area contributed by atoms with Crippen molar-refractivity contribution in [1.82, 2.24) is 24.0 Å². The fourth-order valence-corrected chi connectivity index (χ4v) is 4.60. The van der Waals surface area contributed by atoms with Gasteiger partial charge in [-0.1, -0.05) is 18.2 Å². The first-order valence-electron chi connectivity index (χ1n) is 12.4. The number of fused-ring (bicyclic) bond motifs is 1. The number of amides is 1. The zero-order valence-corrected chi connectivity index (χ0v) is 21.7. The van der Waals surface area contributed by atoms with Crippen molar-refractivity contribution < 1.29 is 23.0 Å².